The molecule has 1 aromatic carbocycles. The number of carbonyl (C=O) groups is 2. The minimum Gasteiger partial charge on any atom is -0.340 e. The van der Waals surface area contributed by atoms with Gasteiger partial charge in [0.15, 0.2) is 5.78 Å². The highest BCUT2D eigenvalue weighted by Crippen LogP contribution is 2.19. The fourth-order valence-corrected chi connectivity index (χ4v) is 4.18. The highest BCUT2D eigenvalue weighted by molar-refractivity contribution is 7.89. The maximum atomic E-state index is 12.7. The summed E-state index contributed by atoms with van der Waals surface area (Å²) in [5, 5.41) is 0. The van der Waals surface area contributed by atoms with E-state index in [1.807, 2.05) is 0 Å². The molecule has 0 aliphatic carbocycles. The number of hydrogen-bond acceptors (Lipinski definition) is 4. The molecule has 0 aromatic heterocycles. The van der Waals surface area contributed by atoms with Crippen molar-refractivity contribution < 1.29 is 18.0 Å². The van der Waals surface area contributed by atoms with Gasteiger partial charge < -0.3 is 4.90 Å². The number of carbonyl (C=O) groups excluding carboxylic acids is 2. The summed E-state index contributed by atoms with van der Waals surface area (Å²) in [5.74, 6) is 0.470. The Morgan fingerprint density at radius 1 is 1.04 bits per heavy atom. The lowest BCUT2D eigenvalue weighted by Crippen LogP contribution is -2.50. The molecule has 1 amide bonds. The number of nitrogens with zero attached hydrogens (tertiary/aromatic N) is 2. The molecule has 1 aromatic rings. The van der Waals surface area contributed by atoms with E-state index in [2.05, 4.69) is 13.8 Å². The van der Waals surface area contributed by atoms with E-state index in [0.29, 0.717) is 44.1 Å². The van der Waals surface area contributed by atoms with Crippen molar-refractivity contribution >= 4 is 21.7 Å². The number of amides is 1. The van der Waals surface area contributed by atoms with Crippen LogP contribution in [0.1, 0.15) is 44.0 Å². The van der Waals surface area contributed by atoms with Crippen molar-refractivity contribution in [2.45, 2.75) is 38.5 Å². The molecule has 0 atom stereocenters. The molecule has 1 heterocycles. The average molecular weight is 366 g/mol. The standard InChI is InChI=1S/C18H26N2O4S/c1-14(2)4-9-18(22)19-10-12-20(13-11-19)25(23,24)17-7-5-16(6-8-17)15(3)21/h5-8,14H,4,9-13H2,1-3H3. The quantitative estimate of drug-likeness (QED) is 0.723. The van der Waals surface area contributed by atoms with Gasteiger partial charge in [-0.05, 0) is 31.4 Å². The van der Waals surface area contributed by atoms with Gasteiger partial charge in [-0.3, -0.25) is 9.59 Å². The zero-order valence-corrected chi connectivity index (χ0v) is 15.9. The molecule has 0 spiro atoms. The van der Waals surface area contributed by atoms with Gasteiger partial charge >= 0.3 is 0 Å². The maximum absolute atomic E-state index is 12.7. The van der Waals surface area contributed by atoms with E-state index in [-0.39, 0.29) is 16.6 Å². The van der Waals surface area contributed by atoms with Crippen LogP contribution in [0.4, 0.5) is 0 Å². The van der Waals surface area contributed by atoms with E-state index < -0.39 is 10.0 Å². The zero-order chi connectivity index (χ0) is 18.6. The topological polar surface area (TPSA) is 74.8 Å². The fourth-order valence-electron chi connectivity index (χ4n) is 2.76. The summed E-state index contributed by atoms with van der Waals surface area (Å²) in [6.45, 7) is 7.03. The summed E-state index contributed by atoms with van der Waals surface area (Å²) < 4.78 is 26.8. The molecule has 1 aliphatic rings. The predicted octanol–water partition coefficient (Wildman–Crippen LogP) is 2.16. The van der Waals surface area contributed by atoms with Crippen molar-refractivity contribution in [3.63, 3.8) is 0 Å². The molecular formula is C18H26N2O4S. The lowest BCUT2D eigenvalue weighted by molar-refractivity contribution is -0.132. The first-order valence-electron chi connectivity index (χ1n) is 8.60. The first-order valence-corrected chi connectivity index (χ1v) is 10.0. The van der Waals surface area contributed by atoms with Gasteiger partial charge in [-0.25, -0.2) is 8.42 Å². The van der Waals surface area contributed by atoms with E-state index in [1.54, 1.807) is 4.90 Å². The van der Waals surface area contributed by atoms with Crippen LogP contribution >= 0.6 is 0 Å². The van der Waals surface area contributed by atoms with Gasteiger partial charge in [-0.2, -0.15) is 4.31 Å². The Labute approximate surface area is 149 Å². The Morgan fingerprint density at radius 3 is 2.08 bits per heavy atom. The molecule has 7 heteroatoms. The third kappa shape index (κ3) is 4.89. The largest absolute Gasteiger partial charge is 0.340 e. The van der Waals surface area contributed by atoms with Crippen LogP contribution in [0.2, 0.25) is 0 Å². The van der Waals surface area contributed by atoms with Crippen LogP contribution in [0.15, 0.2) is 29.2 Å². The number of hydrogen-bond donors (Lipinski definition) is 0. The molecule has 2 rings (SSSR count). The Morgan fingerprint density at radius 2 is 1.60 bits per heavy atom. The third-order valence-electron chi connectivity index (χ3n) is 4.43. The summed E-state index contributed by atoms with van der Waals surface area (Å²) in [6, 6.07) is 5.99. The highest BCUT2D eigenvalue weighted by Gasteiger charge is 2.30. The molecule has 0 radical (unpaired) electrons. The van der Waals surface area contributed by atoms with Crippen LogP contribution in [-0.4, -0.2) is 55.5 Å². The second-order valence-corrected chi connectivity index (χ2v) is 8.74. The van der Waals surface area contributed by atoms with Crippen LogP contribution < -0.4 is 0 Å². The van der Waals surface area contributed by atoms with Crippen LogP contribution in [0.5, 0.6) is 0 Å². The summed E-state index contributed by atoms with van der Waals surface area (Å²) in [4.78, 5) is 25.4. The minimum absolute atomic E-state index is 0.0940. The van der Waals surface area contributed by atoms with Crippen molar-refractivity contribution in [2.24, 2.45) is 5.92 Å². The molecular weight excluding hydrogens is 340 g/mol. The van der Waals surface area contributed by atoms with Crippen molar-refractivity contribution in [2.75, 3.05) is 26.2 Å². The van der Waals surface area contributed by atoms with Gasteiger partial charge in [0.2, 0.25) is 15.9 Å². The van der Waals surface area contributed by atoms with Crippen molar-refractivity contribution in [3.8, 4) is 0 Å². The molecule has 0 bridgehead atoms. The van der Waals surface area contributed by atoms with Crippen molar-refractivity contribution in [1.29, 1.82) is 0 Å². The number of Topliss-reactive ketones (excluding diaryl/α,β-unsaturated/α-hetero) is 1. The molecule has 6 nitrogen and oxygen atoms in total. The first kappa shape index (κ1) is 19.6. The van der Waals surface area contributed by atoms with Gasteiger partial charge in [-0.15, -0.1) is 0 Å². The van der Waals surface area contributed by atoms with E-state index in [1.165, 1.54) is 35.5 Å². The molecule has 0 N–H and O–H groups in total. The third-order valence-corrected chi connectivity index (χ3v) is 6.34. The smallest absolute Gasteiger partial charge is 0.243 e. The zero-order valence-electron chi connectivity index (χ0n) is 15.1. The van der Waals surface area contributed by atoms with Crippen molar-refractivity contribution in [1.82, 2.24) is 9.21 Å². The lowest BCUT2D eigenvalue weighted by atomic mass is 10.1. The monoisotopic (exact) mass is 366 g/mol. The highest BCUT2D eigenvalue weighted by atomic mass is 32.2. The summed E-state index contributed by atoms with van der Waals surface area (Å²) in [5.41, 5.74) is 0.486. The number of ketones is 1. The Kier molecular flexibility index (Phi) is 6.35. The second-order valence-electron chi connectivity index (χ2n) is 6.80. The number of sulfonamides is 1. The molecule has 25 heavy (non-hydrogen) atoms. The van der Waals surface area contributed by atoms with Gasteiger partial charge in [0, 0.05) is 38.2 Å². The minimum atomic E-state index is -3.60. The Bertz CT molecular complexity index is 718. The van der Waals surface area contributed by atoms with E-state index in [0.717, 1.165) is 6.42 Å². The molecule has 0 unspecified atom stereocenters. The SMILES string of the molecule is CC(=O)c1ccc(S(=O)(=O)N2CCN(C(=O)CCC(C)C)CC2)cc1. The fraction of sp³-hybridized carbons (Fsp3) is 0.556. The summed E-state index contributed by atoms with van der Waals surface area (Å²) in [6.07, 6.45) is 1.36. The van der Waals surface area contributed by atoms with Crippen LogP contribution in [0, 0.1) is 5.92 Å². The number of rotatable bonds is 6. The van der Waals surface area contributed by atoms with E-state index in [4.69, 9.17) is 0 Å². The van der Waals surface area contributed by atoms with Crippen LogP contribution in [0.3, 0.4) is 0 Å². The van der Waals surface area contributed by atoms with Gasteiger partial charge in [-0.1, -0.05) is 26.0 Å². The van der Waals surface area contributed by atoms with E-state index >= 15 is 0 Å². The molecule has 1 saturated heterocycles. The second kappa shape index (κ2) is 8.10. The normalized spacial score (nSPS) is 16.2. The molecule has 1 fully saturated rings. The number of piperazine rings is 1. The van der Waals surface area contributed by atoms with Crippen LogP contribution in [-0.2, 0) is 14.8 Å². The molecule has 1 aliphatic heterocycles. The van der Waals surface area contributed by atoms with Crippen molar-refractivity contribution in [3.05, 3.63) is 29.8 Å². The molecule has 0 saturated carbocycles. The number of benzene rings is 1. The molecule has 138 valence electrons. The van der Waals surface area contributed by atoms with Gasteiger partial charge in [0.25, 0.3) is 0 Å². The summed E-state index contributed by atoms with van der Waals surface area (Å²) in [7, 11) is -3.60. The summed E-state index contributed by atoms with van der Waals surface area (Å²) >= 11 is 0. The van der Waals surface area contributed by atoms with E-state index in [9.17, 15) is 18.0 Å². The first-order chi connectivity index (χ1) is 11.7. The Hall–Kier alpha value is -1.73. The Balaban J connectivity index is 1.99. The van der Waals surface area contributed by atoms with Crippen LogP contribution in [0.25, 0.3) is 0 Å². The lowest BCUT2D eigenvalue weighted by Gasteiger charge is -2.34. The average Bonchev–Trinajstić information content (AvgIpc) is 2.59. The van der Waals surface area contributed by atoms with Gasteiger partial charge in [0.05, 0.1) is 4.90 Å². The predicted molar refractivity (Wildman–Crippen MR) is 95.9 cm³/mol. The maximum Gasteiger partial charge on any atom is 0.243 e. The van der Waals surface area contributed by atoms with Gasteiger partial charge in [0.1, 0.15) is 0 Å².